The van der Waals surface area contributed by atoms with Crippen molar-refractivity contribution in [3.63, 3.8) is 0 Å². The van der Waals surface area contributed by atoms with E-state index in [1.807, 2.05) is 31.2 Å². The van der Waals surface area contributed by atoms with E-state index in [0.717, 1.165) is 23.5 Å². The van der Waals surface area contributed by atoms with Gasteiger partial charge in [0.25, 0.3) is 5.24 Å². The standard InChI is InChI=1S/C16H19N5O2S/c1-12(19-15(22)6-7-20-8-9-24-16(20)23)13-2-4-14(5-3-13)21-11-17-10-18-21/h2-5,10-12H,6-9H2,1H3,(H,19,22)/t12-/m1/s1. The van der Waals surface area contributed by atoms with E-state index in [-0.39, 0.29) is 17.2 Å². The maximum absolute atomic E-state index is 12.1. The Hall–Kier alpha value is -2.35. The average molecular weight is 345 g/mol. The molecule has 24 heavy (non-hydrogen) atoms. The van der Waals surface area contributed by atoms with Gasteiger partial charge in [-0.25, -0.2) is 9.67 Å². The van der Waals surface area contributed by atoms with Gasteiger partial charge in [0.15, 0.2) is 0 Å². The summed E-state index contributed by atoms with van der Waals surface area (Å²) in [7, 11) is 0. The van der Waals surface area contributed by atoms with Gasteiger partial charge in [-0.2, -0.15) is 5.10 Å². The van der Waals surface area contributed by atoms with Crippen LogP contribution in [-0.2, 0) is 4.79 Å². The maximum Gasteiger partial charge on any atom is 0.281 e. The van der Waals surface area contributed by atoms with E-state index in [1.165, 1.54) is 18.1 Å². The van der Waals surface area contributed by atoms with Crippen LogP contribution in [-0.4, -0.2) is 49.7 Å². The number of hydrogen-bond acceptors (Lipinski definition) is 5. The summed E-state index contributed by atoms with van der Waals surface area (Å²) in [5.74, 6) is 0.766. The molecule has 1 aliphatic rings. The molecule has 2 amide bonds. The first-order valence-electron chi connectivity index (χ1n) is 7.79. The lowest BCUT2D eigenvalue weighted by molar-refractivity contribution is -0.121. The molecule has 3 rings (SSSR count). The predicted octanol–water partition coefficient (Wildman–Crippen LogP) is 2.00. The van der Waals surface area contributed by atoms with E-state index in [4.69, 9.17) is 0 Å². The van der Waals surface area contributed by atoms with Gasteiger partial charge in [-0.15, -0.1) is 0 Å². The lowest BCUT2D eigenvalue weighted by Crippen LogP contribution is -2.32. The fourth-order valence-corrected chi connectivity index (χ4v) is 3.37. The number of hydrogen-bond donors (Lipinski definition) is 1. The van der Waals surface area contributed by atoms with Crippen LogP contribution in [0.15, 0.2) is 36.9 Å². The summed E-state index contributed by atoms with van der Waals surface area (Å²) < 4.78 is 1.68. The van der Waals surface area contributed by atoms with Gasteiger partial charge in [-0.1, -0.05) is 23.9 Å². The van der Waals surface area contributed by atoms with Gasteiger partial charge in [0.2, 0.25) is 5.91 Å². The normalized spacial score (nSPS) is 15.5. The van der Waals surface area contributed by atoms with Crippen molar-refractivity contribution in [1.29, 1.82) is 0 Å². The van der Waals surface area contributed by atoms with Crippen LogP contribution in [0.4, 0.5) is 4.79 Å². The summed E-state index contributed by atoms with van der Waals surface area (Å²) in [4.78, 5) is 29.2. The van der Waals surface area contributed by atoms with Gasteiger partial charge in [0, 0.05) is 25.3 Å². The van der Waals surface area contributed by atoms with E-state index >= 15 is 0 Å². The molecule has 1 saturated heterocycles. The summed E-state index contributed by atoms with van der Waals surface area (Å²) in [6.45, 7) is 3.16. The van der Waals surface area contributed by atoms with Gasteiger partial charge < -0.3 is 10.2 Å². The second-order valence-corrected chi connectivity index (χ2v) is 6.62. The molecule has 1 fully saturated rings. The molecule has 0 spiro atoms. The topological polar surface area (TPSA) is 80.1 Å². The fourth-order valence-electron chi connectivity index (χ4n) is 2.52. The Kier molecular flexibility index (Phi) is 5.14. The zero-order valence-electron chi connectivity index (χ0n) is 13.4. The quantitative estimate of drug-likeness (QED) is 0.866. The smallest absolute Gasteiger partial charge is 0.281 e. The first-order chi connectivity index (χ1) is 11.6. The number of benzene rings is 1. The van der Waals surface area contributed by atoms with Gasteiger partial charge in [-0.05, 0) is 24.6 Å². The zero-order chi connectivity index (χ0) is 16.9. The van der Waals surface area contributed by atoms with Crippen LogP contribution in [0.25, 0.3) is 5.69 Å². The third-order valence-corrected chi connectivity index (χ3v) is 4.80. The molecule has 7 nitrogen and oxygen atoms in total. The van der Waals surface area contributed by atoms with Crippen LogP contribution in [0.2, 0.25) is 0 Å². The van der Waals surface area contributed by atoms with Gasteiger partial charge in [0.1, 0.15) is 12.7 Å². The molecular formula is C16H19N5O2S. The van der Waals surface area contributed by atoms with Crippen molar-refractivity contribution in [2.24, 2.45) is 0 Å². The first-order valence-corrected chi connectivity index (χ1v) is 8.78. The molecule has 2 heterocycles. The van der Waals surface area contributed by atoms with E-state index < -0.39 is 0 Å². The van der Waals surface area contributed by atoms with Crippen LogP contribution in [0, 0.1) is 0 Å². The largest absolute Gasteiger partial charge is 0.350 e. The summed E-state index contributed by atoms with van der Waals surface area (Å²) in [6, 6.07) is 7.70. The van der Waals surface area contributed by atoms with Crippen LogP contribution in [0.5, 0.6) is 0 Å². The second kappa shape index (κ2) is 7.48. The number of aromatic nitrogens is 3. The number of nitrogens with zero attached hydrogens (tertiary/aromatic N) is 4. The van der Waals surface area contributed by atoms with E-state index in [2.05, 4.69) is 15.4 Å². The predicted molar refractivity (Wildman–Crippen MR) is 92.0 cm³/mol. The maximum atomic E-state index is 12.1. The summed E-state index contributed by atoms with van der Waals surface area (Å²) >= 11 is 1.31. The minimum atomic E-state index is -0.0917. The van der Waals surface area contributed by atoms with Crippen molar-refractivity contribution >= 4 is 22.9 Å². The van der Waals surface area contributed by atoms with E-state index in [9.17, 15) is 9.59 Å². The third kappa shape index (κ3) is 3.94. The Morgan fingerprint density at radius 2 is 2.17 bits per heavy atom. The average Bonchev–Trinajstić information content (AvgIpc) is 3.25. The molecule has 0 saturated carbocycles. The molecule has 8 heteroatoms. The Balaban J connectivity index is 1.51. The zero-order valence-corrected chi connectivity index (χ0v) is 14.2. The van der Waals surface area contributed by atoms with Crippen LogP contribution in [0.3, 0.4) is 0 Å². The monoisotopic (exact) mass is 345 g/mol. The highest BCUT2D eigenvalue weighted by atomic mass is 32.2. The third-order valence-electron chi connectivity index (χ3n) is 3.91. The van der Waals surface area contributed by atoms with E-state index in [1.54, 1.807) is 15.9 Å². The van der Waals surface area contributed by atoms with Gasteiger partial charge >= 0.3 is 0 Å². The van der Waals surface area contributed by atoms with Gasteiger partial charge in [-0.3, -0.25) is 9.59 Å². The van der Waals surface area contributed by atoms with Crippen LogP contribution >= 0.6 is 11.8 Å². The van der Waals surface area contributed by atoms with Crippen molar-refractivity contribution in [2.75, 3.05) is 18.8 Å². The summed E-state index contributed by atoms with van der Waals surface area (Å²) in [6.07, 6.45) is 3.45. The molecule has 1 aliphatic heterocycles. The number of thioether (sulfide) groups is 1. The summed E-state index contributed by atoms with van der Waals surface area (Å²) in [5, 5.41) is 7.12. The fraction of sp³-hybridized carbons (Fsp3) is 0.375. The molecule has 2 aromatic rings. The molecule has 0 radical (unpaired) electrons. The number of carbonyl (C=O) groups excluding carboxylic acids is 2. The minimum absolute atomic E-state index is 0.0486. The molecule has 0 bridgehead atoms. The number of amides is 2. The highest BCUT2D eigenvalue weighted by Gasteiger charge is 2.21. The molecule has 1 aromatic carbocycles. The second-order valence-electron chi connectivity index (χ2n) is 5.57. The molecule has 126 valence electrons. The Bertz CT molecular complexity index is 702. The lowest BCUT2D eigenvalue weighted by Gasteiger charge is -2.17. The molecule has 0 aliphatic carbocycles. The number of carbonyl (C=O) groups is 2. The summed E-state index contributed by atoms with van der Waals surface area (Å²) in [5.41, 5.74) is 1.93. The van der Waals surface area contributed by atoms with Crippen molar-refractivity contribution in [3.05, 3.63) is 42.5 Å². The number of nitrogens with one attached hydrogen (secondary N) is 1. The van der Waals surface area contributed by atoms with Gasteiger partial charge in [0.05, 0.1) is 11.7 Å². The highest BCUT2D eigenvalue weighted by Crippen LogP contribution is 2.18. The first kappa shape index (κ1) is 16.5. The van der Waals surface area contributed by atoms with E-state index in [0.29, 0.717) is 13.0 Å². The molecule has 1 N–H and O–H groups in total. The lowest BCUT2D eigenvalue weighted by atomic mass is 10.1. The van der Waals surface area contributed by atoms with Crippen molar-refractivity contribution < 1.29 is 9.59 Å². The van der Waals surface area contributed by atoms with Crippen LogP contribution < -0.4 is 5.32 Å². The Labute approximate surface area is 144 Å². The highest BCUT2D eigenvalue weighted by molar-refractivity contribution is 8.13. The van der Waals surface area contributed by atoms with Crippen molar-refractivity contribution in [2.45, 2.75) is 19.4 Å². The molecule has 0 unspecified atom stereocenters. The van der Waals surface area contributed by atoms with Crippen LogP contribution in [0.1, 0.15) is 24.9 Å². The molecular weight excluding hydrogens is 326 g/mol. The Morgan fingerprint density at radius 1 is 1.38 bits per heavy atom. The Morgan fingerprint density at radius 3 is 2.79 bits per heavy atom. The van der Waals surface area contributed by atoms with Crippen molar-refractivity contribution in [1.82, 2.24) is 25.0 Å². The van der Waals surface area contributed by atoms with Crippen molar-refractivity contribution in [3.8, 4) is 5.69 Å². The SMILES string of the molecule is C[C@@H](NC(=O)CCN1CCSC1=O)c1ccc(-n2cncn2)cc1. The minimum Gasteiger partial charge on any atom is -0.350 e. The molecule has 1 atom stereocenters. The number of rotatable bonds is 6. The molecule has 1 aromatic heterocycles.